The number of nitrogens with zero attached hydrogens (tertiary/aromatic N) is 1. The van der Waals surface area contributed by atoms with Crippen LogP contribution in [0.1, 0.15) is 44.5 Å². The summed E-state index contributed by atoms with van der Waals surface area (Å²) in [7, 11) is 0. The molecule has 2 aliphatic rings. The highest BCUT2D eigenvalue weighted by Crippen LogP contribution is 2.61. The predicted octanol–water partition coefficient (Wildman–Crippen LogP) is 15.1. The van der Waals surface area contributed by atoms with Gasteiger partial charge in [-0.1, -0.05) is 200 Å². The van der Waals surface area contributed by atoms with E-state index in [1.807, 2.05) is 11.3 Å². The Morgan fingerprint density at radius 1 is 0.333 bits per heavy atom. The summed E-state index contributed by atoms with van der Waals surface area (Å²) in [5.74, 6) is 0. The fourth-order valence-electron chi connectivity index (χ4n) is 10.8. The molecule has 0 aliphatic heterocycles. The average molecular weight is 782 g/mol. The highest BCUT2D eigenvalue weighted by atomic mass is 32.1. The molecule has 0 atom stereocenters. The molecular formula is C58H39NS. The van der Waals surface area contributed by atoms with Gasteiger partial charge < -0.3 is 4.90 Å². The van der Waals surface area contributed by atoms with E-state index in [9.17, 15) is 0 Å². The molecule has 0 saturated carbocycles. The number of hydrogen-bond donors (Lipinski definition) is 0. The van der Waals surface area contributed by atoms with Crippen LogP contribution in [0.2, 0.25) is 0 Å². The van der Waals surface area contributed by atoms with E-state index in [4.69, 9.17) is 0 Å². The lowest BCUT2D eigenvalue weighted by Crippen LogP contribution is -2.28. The van der Waals surface area contributed by atoms with E-state index in [1.54, 1.807) is 0 Å². The Hall–Kier alpha value is -7.26. The fourth-order valence-corrected chi connectivity index (χ4v) is 11.7. The lowest BCUT2D eigenvalue weighted by Gasteiger charge is -2.35. The van der Waals surface area contributed by atoms with E-state index >= 15 is 0 Å². The minimum atomic E-state index is -0.507. The Morgan fingerprint density at radius 3 is 1.42 bits per heavy atom. The van der Waals surface area contributed by atoms with Gasteiger partial charge in [-0.2, -0.15) is 0 Å². The molecule has 0 spiro atoms. The second kappa shape index (κ2) is 13.7. The Bertz CT molecular complexity index is 3120. The number of fused-ring (bicyclic) bond motifs is 7. The van der Waals surface area contributed by atoms with Gasteiger partial charge in [0.05, 0.1) is 26.9 Å². The summed E-state index contributed by atoms with van der Waals surface area (Å²) < 4.78 is 1.27. The fraction of sp³-hybridized carbons (Fsp3) is 0.0345. The van der Waals surface area contributed by atoms with Crippen LogP contribution in [0.15, 0.2) is 236 Å². The lowest BCUT2D eigenvalue weighted by molar-refractivity contribution is 0.768. The number of rotatable bonds is 7. The van der Waals surface area contributed by atoms with Gasteiger partial charge in [-0.3, -0.25) is 0 Å². The second-order valence-electron chi connectivity index (χ2n) is 15.9. The van der Waals surface area contributed by atoms with Gasteiger partial charge in [-0.25, -0.2) is 0 Å². The average Bonchev–Trinajstić information content (AvgIpc) is 4.02. The molecule has 0 bridgehead atoms. The summed E-state index contributed by atoms with van der Waals surface area (Å²) in [4.78, 5) is 2.55. The van der Waals surface area contributed by atoms with Crippen molar-refractivity contribution in [2.45, 2.75) is 10.8 Å². The minimum Gasteiger partial charge on any atom is -0.308 e. The van der Waals surface area contributed by atoms with Gasteiger partial charge in [0, 0.05) is 11.3 Å². The van der Waals surface area contributed by atoms with E-state index in [1.165, 1.54) is 88.2 Å². The minimum absolute atomic E-state index is 0.469. The van der Waals surface area contributed by atoms with Crippen LogP contribution in [0.3, 0.4) is 0 Å². The Balaban J connectivity index is 1.17. The number of anilines is 3. The Morgan fingerprint density at radius 2 is 0.800 bits per heavy atom. The first-order valence-corrected chi connectivity index (χ1v) is 21.6. The summed E-state index contributed by atoms with van der Waals surface area (Å²) in [5, 5.41) is 3.47. The van der Waals surface area contributed by atoms with Crippen molar-refractivity contribution in [2.75, 3.05) is 4.90 Å². The Kier molecular flexibility index (Phi) is 7.91. The molecule has 0 N–H and O–H groups in total. The van der Waals surface area contributed by atoms with Crippen LogP contribution < -0.4 is 4.90 Å². The third-order valence-electron chi connectivity index (χ3n) is 13.1. The molecule has 10 aromatic rings. The van der Waals surface area contributed by atoms with Crippen molar-refractivity contribution < 1.29 is 0 Å². The van der Waals surface area contributed by atoms with Gasteiger partial charge in [-0.15, -0.1) is 11.3 Å². The molecule has 282 valence electrons. The topological polar surface area (TPSA) is 3.24 Å². The monoisotopic (exact) mass is 781 g/mol. The molecule has 9 aromatic carbocycles. The summed E-state index contributed by atoms with van der Waals surface area (Å²) in [5.41, 5.74) is 17.8. The van der Waals surface area contributed by atoms with Crippen LogP contribution in [-0.4, -0.2) is 0 Å². The first kappa shape index (κ1) is 34.8. The number of benzene rings is 9. The molecule has 0 fully saturated rings. The van der Waals surface area contributed by atoms with E-state index in [2.05, 4.69) is 241 Å². The zero-order valence-electron chi connectivity index (χ0n) is 32.9. The first-order valence-electron chi connectivity index (χ1n) is 20.8. The maximum absolute atomic E-state index is 2.55. The van der Waals surface area contributed by atoms with Crippen molar-refractivity contribution in [3.05, 3.63) is 280 Å². The van der Waals surface area contributed by atoms with Gasteiger partial charge >= 0.3 is 0 Å². The van der Waals surface area contributed by atoms with Gasteiger partial charge in [0.2, 0.25) is 0 Å². The van der Waals surface area contributed by atoms with E-state index in [-0.39, 0.29) is 0 Å². The zero-order valence-corrected chi connectivity index (χ0v) is 33.7. The quantitative estimate of drug-likeness (QED) is 0.156. The zero-order chi connectivity index (χ0) is 39.7. The van der Waals surface area contributed by atoms with Gasteiger partial charge in [0.25, 0.3) is 0 Å². The van der Waals surface area contributed by atoms with E-state index < -0.39 is 10.8 Å². The molecule has 12 rings (SSSR count). The van der Waals surface area contributed by atoms with Gasteiger partial charge in [-0.05, 0) is 102 Å². The highest BCUT2D eigenvalue weighted by Gasteiger charge is 2.48. The van der Waals surface area contributed by atoms with Crippen LogP contribution in [-0.2, 0) is 10.8 Å². The summed E-state index contributed by atoms with van der Waals surface area (Å²) in [6, 6.07) is 85.8. The van der Waals surface area contributed by atoms with Crippen molar-refractivity contribution in [1.29, 1.82) is 0 Å². The molecule has 2 heteroatoms. The highest BCUT2D eigenvalue weighted by molar-refractivity contribution is 7.17. The van der Waals surface area contributed by atoms with Crippen LogP contribution in [0.5, 0.6) is 0 Å². The van der Waals surface area contributed by atoms with Crippen molar-refractivity contribution in [1.82, 2.24) is 0 Å². The smallest absolute Gasteiger partial charge is 0.0714 e. The molecule has 1 nitrogen and oxygen atoms in total. The van der Waals surface area contributed by atoms with Crippen molar-refractivity contribution in [3.8, 4) is 22.3 Å². The van der Waals surface area contributed by atoms with Crippen LogP contribution in [0.25, 0.3) is 32.3 Å². The first-order chi connectivity index (χ1) is 29.8. The van der Waals surface area contributed by atoms with Crippen LogP contribution in [0.4, 0.5) is 17.1 Å². The van der Waals surface area contributed by atoms with Crippen LogP contribution >= 0.6 is 11.3 Å². The standard InChI is InChI=1S/C58H39NS/c1-5-20-41(21-6-1)57(42-22-7-2-8-23-42)49-30-15-13-28-46(49)48-39-45(35-36-51(48)57)59(54-34-17-19-40-37-38-60-56(40)54)53-33-18-32-52-55(53)47-29-14-16-31-50(47)58(52,43-24-9-3-10-25-43)44-26-11-4-12-27-44/h1-39H. The van der Waals surface area contributed by atoms with Gasteiger partial charge in [0.1, 0.15) is 0 Å². The van der Waals surface area contributed by atoms with Crippen molar-refractivity contribution in [2.24, 2.45) is 0 Å². The van der Waals surface area contributed by atoms with E-state index in [0.29, 0.717) is 0 Å². The lowest BCUT2D eigenvalue weighted by atomic mass is 9.67. The maximum atomic E-state index is 2.55. The van der Waals surface area contributed by atoms with Gasteiger partial charge in [0.15, 0.2) is 0 Å². The molecule has 0 amide bonds. The SMILES string of the molecule is c1ccc(C2(c3ccccc3)c3ccccc3-c3cc(N(c4cccc5c4-c4ccccc4C5(c4ccccc4)c4ccccc4)c4cccc5ccsc45)ccc32)cc1. The normalized spacial score (nSPS) is 13.9. The molecule has 0 saturated heterocycles. The predicted molar refractivity (Wildman–Crippen MR) is 251 cm³/mol. The van der Waals surface area contributed by atoms with Crippen molar-refractivity contribution >= 4 is 38.5 Å². The molecule has 0 radical (unpaired) electrons. The molecule has 0 unspecified atom stereocenters. The molecule has 2 aliphatic carbocycles. The molecular weight excluding hydrogens is 743 g/mol. The third kappa shape index (κ3) is 4.80. The number of hydrogen-bond acceptors (Lipinski definition) is 2. The van der Waals surface area contributed by atoms with Crippen molar-refractivity contribution in [3.63, 3.8) is 0 Å². The molecule has 60 heavy (non-hydrogen) atoms. The summed E-state index contributed by atoms with van der Waals surface area (Å²) >= 11 is 1.81. The molecule has 1 heterocycles. The molecule has 1 aromatic heterocycles. The maximum Gasteiger partial charge on any atom is 0.0714 e. The summed E-state index contributed by atoms with van der Waals surface area (Å²) in [6.07, 6.45) is 0. The van der Waals surface area contributed by atoms with E-state index in [0.717, 1.165) is 5.69 Å². The van der Waals surface area contributed by atoms with Crippen LogP contribution in [0, 0.1) is 0 Å². The Labute approximate surface area is 355 Å². The summed E-state index contributed by atoms with van der Waals surface area (Å²) in [6.45, 7) is 0. The third-order valence-corrected chi connectivity index (χ3v) is 14.1. The largest absolute Gasteiger partial charge is 0.308 e. The number of thiophene rings is 1. The second-order valence-corrected chi connectivity index (χ2v) is 16.9.